The van der Waals surface area contributed by atoms with Crippen molar-refractivity contribution >= 4 is 17.8 Å². The van der Waals surface area contributed by atoms with Gasteiger partial charge in [0.2, 0.25) is 0 Å². The van der Waals surface area contributed by atoms with Crippen molar-refractivity contribution in [3.8, 4) is 0 Å². The van der Waals surface area contributed by atoms with Gasteiger partial charge in [-0.3, -0.25) is 4.79 Å². The summed E-state index contributed by atoms with van der Waals surface area (Å²) in [5.74, 6) is -2.20. The fraction of sp³-hybridized carbons (Fsp3) is 0.750. The molecule has 0 aromatic heterocycles. The van der Waals surface area contributed by atoms with Crippen LogP contribution in [0, 0.1) is 5.92 Å². The summed E-state index contributed by atoms with van der Waals surface area (Å²) in [7, 11) is 0. The molecule has 0 aliphatic heterocycles. The van der Waals surface area contributed by atoms with Crippen molar-refractivity contribution < 1.29 is 24.2 Å². The van der Waals surface area contributed by atoms with Crippen LogP contribution >= 0.6 is 0 Å². The van der Waals surface area contributed by atoms with Gasteiger partial charge in [0.25, 0.3) is 5.78 Å². The highest BCUT2D eigenvalue weighted by Crippen LogP contribution is 2.33. The topological polar surface area (TPSA) is 92.7 Å². The summed E-state index contributed by atoms with van der Waals surface area (Å²) in [6, 6.07) is -0.996. The van der Waals surface area contributed by atoms with Gasteiger partial charge >= 0.3 is 12.1 Å². The number of alkyl carbamates (subject to hydrolysis) is 1. The van der Waals surface area contributed by atoms with E-state index in [9.17, 15) is 14.4 Å². The number of aliphatic carboxylic acids is 1. The predicted octanol–water partition coefficient (Wildman–Crippen LogP) is 1.33. The zero-order valence-corrected chi connectivity index (χ0v) is 10.9. The van der Waals surface area contributed by atoms with E-state index in [1.807, 2.05) is 0 Å². The molecule has 1 amide bonds. The molecule has 1 fully saturated rings. The molecule has 0 aromatic carbocycles. The molecule has 102 valence electrons. The van der Waals surface area contributed by atoms with Gasteiger partial charge in [-0.1, -0.05) is 12.8 Å². The van der Waals surface area contributed by atoms with Crippen molar-refractivity contribution in [1.82, 2.24) is 5.32 Å². The summed E-state index contributed by atoms with van der Waals surface area (Å²) in [5, 5.41) is 11.0. The Hall–Kier alpha value is -1.59. The van der Waals surface area contributed by atoms with Crippen LogP contribution < -0.4 is 5.32 Å². The van der Waals surface area contributed by atoms with Crippen molar-refractivity contribution in [3.63, 3.8) is 0 Å². The number of carboxylic acids is 1. The van der Waals surface area contributed by atoms with Crippen LogP contribution in [0.15, 0.2) is 0 Å². The summed E-state index contributed by atoms with van der Waals surface area (Å²) >= 11 is 0. The molecule has 1 aliphatic carbocycles. The lowest BCUT2D eigenvalue weighted by atomic mass is 10.1. The van der Waals surface area contributed by atoms with Crippen molar-refractivity contribution in [1.29, 1.82) is 0 Å². The molecule has 0 aromatic rings. The number of amides is 1. The minimum Gasteiger partial charge on any atom is -0.475 e. The second-order valence-corrected chi connectivity index (χ2v) is 5.55. The number of rotatable bonds is 5. The van der Waals surface area contributed by atoms with Gasteiger partial charge in [0, 0.05) is 0 Å². The van der Waals surface area contributed by atoms with Gasteiger partial charge in [0.15, 0.2) is 0 Å². The SMILES string of the molecule is CC(C)(C)OC(=O)NC(CC1CC1)C(=O)C(=O)O. The van der Waals surface area contributed by atoms with Gasteiger partial charge in [-0.2, -0.15) is 0 Å². The van der Waals surface area contributed by atoms with E-state index in [1.165, 1.54) is 0 Å². The third kappa shape index (κ3) is 5.16. The first kappa shape index (κ1) is 14.5. The van der Waals surface area contributed by atoms with E-state index in [4.69, 9.17) is 9.84 Å². The minimum atomic E-state index is -1.53. The number of Topliss-reactive ketones (excluding diaryl/α,β-unsaturated/α-hetero) is 1. The summed E-state index contributed by atoms with van der Waals surface area (Å²) < 4.78 is 5.00. The van der Waals surface area contributed by atoms with Gasteiger partial charge < -0.3 is 15.2 Å². The van der Waals surface area contributed by atoms with Gasteiger partial charge in [0.05, 0.1) is 0 Å². The first-order chi connectivity index (χ1) is 8.19. The molecule has 1 atom stereocenters. The van der Waals surface area contributed by atoms with E-state index in [-0.39, 0.29) is 0 Å². The maximum Gasteiger partial charge on any atom is 0.408 e. The summed E-state index contributed by atoms with van der Waals surface area (Å²) in [4.78, 5) is 33.6. The van der Waals surface area contributed by atoms with Crippen molar-refractivity contribution in [2.45, 2.75) is 51.7 Å². The number of hydrogen-bond acceptors (Lipinski definition) is 4. The number of ether oxygens (including phenoxy) is 1. The van der Waals surface area contributed by atoms with Crippen molar-refractivity contribution in [2.24, 2.45) is 5.92 Å². The Morgan fingerprint density at radius 1 is 1.33 bits per heavy atom. The van der Waals surface area contributed by atoms with Crippen LogP contribution in [0.4, 0.5) is 4.79 Å². The standard InChI is InChI=1S/C12H19NO5/c1-12(2,3)18-11(17)13-8(6-7-4-5-7)9(14)10(15)16/h7-8H,4-6H2,1-3H3,(H,13,17)(H,15,16). The quantitative estimate of drug-likeness (QED) is 0.725. The second-order valence-electron chi connectivity index (χ2n) is 5.55. The Bertz CT molecular complexity index is 354. The van der Waals surface area contributed by atoms with E-state index < -0.39 is 29.5 Å². The highest BCUT2D eigenvalue weighted by atomic mass is 16.6. The molecule has 18 heavy (non-hydrogen) atoms. The first-order valence-electron chi connectivity index (χ1n) is 5.95. The first-order valence-corrected chi connectivity index (χ1v) is 5.95. The number of carbonyl (C=O) groups is 3. The highest BCUT2D eigenvalue weighted by Gasteiger charge is 2.34. The molecule has 1 rings (SSSR count). The molecular formula is C12H19NO5. The van der Waals surface area contributed by atoms with E-state index in [2.05, 4.69) is 5.32 Å². The average molecular weight is 257 g/mol. The smallest absolute Gasteiger partial charge is 0.408 e. The Kier molecular flexibility index (Phi) is 4.32. The van der Waals surface area contributed by atoms with Gasteiger partial charge in [0.1, 0.15) is 11.6 Å². The maximum atomic E-state index is 11.5. The molecule has 0 saturated heterocycles. The van der Waals surface area contributed by atoms with Crippen molar-refractivity contribution in [2.75, 3.05) is 0 Å². The van der Waals surface area contributed by atoms with E-state index in [1.54, 1.807) is 20.8 Å². The van der Waals surface area contributed by atoms with Crippen LogP contribution in [0.2, 0.25) is 0 Å². The highest BCUT2D eigenvalue weighted by molar-refractivity contribution is 6.35. The van der Waals surface area contributed by atoms with Crippen LogP contribution in [0.25, 0.3) is 0 Å². The number of ketones is 1. The Labute approximate surface area is 106 Å². The fourth-order valence-corrected chi connectivity index (χ4v) is 1.52. The maximum absolute atomic E-state index is 11.5. The Morgan fingerprint density at radius 2 is 1.89 bits per heavy atom. The molecule has 6 heteroatoms. The molecule has 0 spiro atoms. The monoisotopic (exact) mass is 257 g/mol. The number of carboxylic acid groups (broad SMARTS) is 1. The predicted molar refractivity (Wildman–Crippen MR) is 63.1 cm³/mol. The third-order valence-electron chi connectivity index (χ3n) is 2.48. The lowest BCUT2D eigenvalue weighted by Crippen LogP contribution is -2.46. The van der Waals surface area contributed by atoms with Gasteiger partial charge in [-0.25, -0.2) is 9.59 Å². The third-order valence-corrected chi connectivity index (χ3v) is 2.48. The molecule has 0 bridgehead atoms. The lowest BCUT2D eigenvalue weighted by molar-refractivity contribution is -0.150. The summed E-state index contributed by atoms with van der Waals surface area (Å²) in [5.41, 5.74) is -0.680. The molecule has 0 radical (unpaired) electrons. The van der Waals surface area contributed by atoms with E-state index in [0.717, 1.165) is 12.8 Å². The lowest BCUT2D eigenvalue weighted by Gasteiger charge is -2.22. The molecular weight excluding hydrogens is 238 g/mol. The fourth-order valence-electron chi connectivity index (χ4n) is 1.52. The summed E-state index contributed by atoms with van der Waals surface area (Å²) in [6.45, 7) is 5.09. The second kappa shape index (κ2) is 5.37. The summed E-state index contributed by atoms with van der Waals surface area (Å²) in [6.07, 6.45) is 1.55. The molecule has 2 N–H and O–H groups in total. The zero-order chi connectivity index (χ0) is 13.9. The van der Waals surface area contributed by atoms with Crippen LogP contribution in [0.3, 0.4) is 0 Å². The largest absolute Gasteiger partial charge is 0.475 e. The number of nitrogens with one attached hydrogen (secondary N) is 1. The normalized spacial score (nSPS) is 16.8. The Morgan fingerprint density at radius 3 is 2.28 bits per heavy atom. The van der Waals surface area contributed by atoms with Crippen molar-refractivity contribution in [3.05, 3.63) is 0 Å². The average Bonchev–Trinajstić information content (AvgIpc) is 2.96. The van der Waals surface area contributed by atoms with Crippen LogP contribution in [-0.4, -0.2) is 34.6 Å². The number of carbonyl (C=O) groups excluding carboxylic acids is 2. The minimum absolute atomic E-state index is 0.327. The van der Waals surface area contributed by atoms with Gasteiger partial charge in [-0.05, 0) is 33.1 Å². The molecule has 1 aliphatic rings. The molecule has 1 unspecified atom stereocenters. The van der Waals surface area contributed by atoms with E-state index >= 15 is 0 Å². The molecule has 6 nitrogen and oxygen atoms in total. The van der Waals surface area contributed by atoms with Crippen LogP contribution in [0.1, 0.15) is 40.0 Å². The van der Waals surface area contributed by atoms with Crippen LogP contribution in [-0.2, 0) is 14.3 Å². The van der Waals surface area contributed by atoms with Gasteiger partial charge in [-0.15, -0.1) is 0 Å². The van der Waals surface area contributed by atoms with E-state index in [0.29, 0.717) is 12.3 Å². The van der Waals surface area contributed by atoms with Crippen LogP contribution in [0.5, 0.6) is 0 Å². The number of hydrogen-bond donors (Lipinski definition) is 2. The molecule has 0 heterocycles. The molecule has 1 saturated carbocycles. The Balaban J connectivity index is 2.57. The zero-order valence-electron chi connectivity index (χ0n) is 10.9.